The number of ketones is 1. The third-order valence-electron chi connectivity index (χ3n) is 2.85. The number of furan rings is 1. The van der Waals surface area contributed by atoms with Crippen molar-refractivity contribution in [3.63, 3.8) is 0 Å². The minimum absolute atomic E-state index is 0.0162. The Kier molecular flexibility index (Phi) is 2.83. The lowest BCUT2D eigenvalue weighted by Crippen LogP contribution is -2.50. The summed E-state index contributed by atoms with van der Waals surface area (Å²) in [5, 5.41) is 0. The summed E-state index contributed by atoms with van der Waals surface area (Å²) in [6.45, 7) is 5.55. The van der Waals surface area contributed by atoms with Crippen LogP contribution in [0.25, 0.3) is 0 Å². The van der Waals surface area contributed by atoms with Gasteiger partial charge in [-0.2, -0.15) is 0 Å². The van der Waals surface area contributed by atoms with E-state index in [1.807, 2.05) is 13.8 Å². The van der Waals surface area contributed by atoms with Crippen LogP contribution in [-0.2, 0) is 19.9 Å². The van der Waals surface area contributed by atoms with Crippen molar-refractivity contribution >= 4 is 5.78 Å². The lowest BCUT2D eigenvalue weighted by Gasteiger charge is -2.40. The smallest absolute Gasteiger partial charge is 0.245 e. The molecule has 0 N–H and O–H groups in total. The monoisotopic (exact) mass is 236 g/mol. The number of Topliss-reactive ketones (excluding diaryl/α,β-unsaturated/α-hetero) is 1. The maximum atomic E-state index is 12.1. The maximum absolute atomic E-state index is 12.1. The van der Waals surface area contributed by atoms with E-state index in [4.69, 9.17) is 13.9 Å². The molecule has 0 bridgehead atoms. The average molecular weight is 236 g/mol. The number of ether oxygens (including phenoxy) is 2. The van der Waals surface area contributed by atoms with Crippen molar-refractivity contribution in [2.45, 2.75) is 32.5 Å². The first-order chi connectivity index (χ1) is 8.04. The highest BCUT2D eigenvalue weighted by Crippen LogP contribution is 2.47. The van der Waals surface area contributed by atoms with Gasteiger partial charge in [0.25, 0.3) is 0 Å². The highest BCUT2D eigenvalue weighted by atomic mass is 16.6. The summed E-state index contributed by atoms with van der Waals surface area (Å²) in [6, 6.07) is 3.45. The van der Waals surface area contributed by atoms with Gasteiger partial charge in [-0.05, 0) is 32.9 Å². The molecule has 1 aromatic heterocycles. The molecule has 1 aromatic rings. The van der Waals surface area contributed by atoms with E-state index in [1.165, 1.54) is 13.4 Å². The Morgan fingerprint density at radius 1 is 1.41 bits per heavy atom. The Balaban J connectivity index is 2.46. The minimum Gasteiger partial charge on any atom is -0.491 e. The molecular formula is C13H16O4. The SMILES string of the molecule is COC1(c2ccco2)C(=O)C(C)=C1OC(C)C. The lowest BCUT2D eigenvalue weighted by molar-refractivity contribution is -0.150. The van der Waals surface area contributed by atoms with E-state index in [-0.39, 0.29) is 11.9 Å². The van der Waals surface area contributed by atoms with Crippen LogP contribution >= 0.6 is 0 Å². The molecule has 0 aliphatic heterocycles. The summed E-state index contributed by atoms with van der Waals surface area (Å²) in [6.07, 6.45) is 1.50. The van der Waals surface area contributed by atoms with E-state index in [0.717, 1.165) is 0 Å². The summed E-state index contributed by atoms with van der Waals surface area (Å²) in [7, 11) is 1.48. The molecule has 2 rings (SSSR count). The van der Waals surface area contributed by atoms with E-state index in [1.54, 1.807) is 19.1 Å². The van der Waals surface area contributed by atoms with Crippen molar-refractivity contribution in [2.24, 2.45) is 0 Å². The molecule has 1 heterocycles. The first-order valence-electron chi connectivity index (χ1n) is 5.56. The molecule has 0 radical (unpaired) electrons. The fraction of sp³-hybridized carbons (Fsp3) is 0.462. The van der Waals surface area contributed by atoms with Crippen LogP contribution in [0.4, 0.5) is 0 Å². The molecule has 0 saturated carbocycles. The Hall–Kier alpha value is -1.55. The molecular weight excluding hydrogens is 220 g/mol. The maximum Gasteiger partial charge on any atom is 0.245 e. The van der Waals surface area contributed by atoms with Crippen molar-refractivity contribution < 1.29 is 18.7 Å². The molecule has 92 valence electrons. The molecule has 0 saturated heterocycles. The predicted molar refractivity (Wildman–Crippen MR) is 61.3 cm³/mol. The first kappa shape index (κ1) is 11.9. The quantitative estimate of drug-likeness (QED) is 0.805. The molecule has 1 atom stereocenters. The molecule has 0 aromatic carbocycles. The third-order valence-corrected chi connectivity index (χ3v) is 2.85. The number of hydrogen-bond acceptors (Lipinski definition) is 4. The highest BCUT2D eigenvalue weighted by molar-refractivity contribution is 6.11. The van der Waals surface area contributed by atoms with Gasteiger partial charge >= 0.3 is 0 Å². The zero-order chi connectivity index (χ0) is 12.6. The van der Waals surface area contributed by atoms with Gasteiger partial charge in [0.1, 0.15) is 0 Å². The lowest BCUT2D eigenvalue weighted by atomic mass is 9.76. The number of hydrogen-bond donors (Lipinski definition) is 0. The molecule has 1 unspecified atom stereocenters. The molecule has 0 amide bonds. The molecule has 4 heteroatoms. The van der Waals surface area contributed by atoms with Crippen LogP contribution in [0.3, 0.4) is 0 Å². The highest BCUT2D eigenvalue weighted by Gasteiger charge is 2.58. The van der Waals surface area contributed by atoms with Gasteiger partial charge in [-0.3, -0.25) is 4.79 Å². The van der Waals surface area contributed by atoms with Crippen molar-refractivity contribution in [1.29, 1.82) is 0 Å². The summed E-state index contributed by atoms with van der Waals surface area (Å²) < 4.78 is 16.4. The zero-order valence-electron chi connectivity index (χ0n) is 10.4. The summed E-state index contributed by atoms with van der Waals surface area (Å²) in [5.41, 5.74) is -0.588. The second-order valence-electron chi connectivity index (χ2n) is 4.31. The van der Waals surface area contributed by atoms with Gasteiger partial charge in [0.15, 0.2) is 11.5 Å². The summed E-state index contributed by atoms with van der Waals surface area (Å²) in [5.74, 6) is 0.909. The average Bonchev–Trinajstić information content (AvgIpc) is 2.82. The Labute approximate surface area is 100 Å². The second-order valence-corrected chi connectivity index (χ2v) is 4.31. The third kappa shape index (κ3) is 1.52. The number of rotatable bonds is 4. The van der Waals surface area contributed by atoms with Crippen LogP contribution in [0.2, 0.25) is 0 Å². The Morgan fingerprint density at radius 3 is 2.59 bits per heavy atom. The normalized spacial score (nSPS) is 24.2. The van der Waals surface area contributed by atoms with Crippen LogP contribution in [0.15, 0.2) is 34.1 Å². The van der Waals surface area contributed by atoms with Crippen molar-refractivity contribution in [1.82, 2.24) is 0 Å². The van der Waals surface area contributed by atoms with Gasteiger partial charge in [-0.15, -0.1) is 0 Å². The number of methoxy groups -OCH3 is 1. The number of carbonyl (C=O) groups is 1. The fourth-order valence-corrected chi connectivity index (χ4v) is 2.07. The van der Waals surface area contributed by atoms with E-state index in [9.17, 15) is 4.79 Å². The molecule has 17 heavy (non-hydrogen) atoms. The first-order valence-corrected chi connectivity index (χ1v) is 5.56. The Morgan fingerprint density at radius 2 is 2.12 bits per heavy atom. The zero-order valence-corrected chi connectivity index (χ0v) is 10.4. The van der Waals surface area contributed by atoms with E-state index < -0.39 is 5.60 Å². The van der Waals surface area contributed by atoms with Crippen molar-refractivity contribution in [3.8, 4) is 0 Å². The largest absolute Gasteiger partial charge is 0.491 e. The fourth-order valence-electron chi connectivity index (χ4n) is 2.07. The molecule has 0 spiro atoms. The van der Waals surface area contributed by atoms with Crippen LogP contribution in [0, 0.1) is 0 Å². The summed E-state index contributed by atoms with van der Waals surface area (Å²) >= 11 is 0. The molecule has 4 nitrogen and oxygen atoms in total. The second kappa shape index (κ2) is 4.04. The predicted octanol–water partition coefficient (Wildman–Crippen LogP) is 2.40. The van der Waals surface area contributed by atoms with Crippen LogP contribution in [-0.4, -0.2) is 19.0 Å². The van der Waals surface area contributed by atoms with Gasteiger partial charge in [-0.1, -0.05) is 0 Å². The molecule has 1 aliphatic carbocycles. The van der Waals surface area contributed by atoms with Gasteiger partial charge in [0, 0.05) is 12.7 Å². The topological polar surface area (TPSA) is 48.7 Å². The summed E-state index contributed by atoms with van der Waals surface area (Å²) in [4.78, 5) is 12.1. The molecule has 0 fully saturated rings. The van der Waals surface area contributed by atoms with E-state index >= 15 is 0 Å². The van der Waals surface area contributed by atoms with Crippen LogP contribution in [0.5, 0.6) is 0 Å². The van der Waals surface area contributed by atoms with Crippen molar-refractivity contribution in [3.05, 3.63) is 35.5 Å². The number of carbonyl (C=O) groups excluding carboxylic acids is 1. The van der Waals surface area contributed by atoms with Crippen LogP contribution in [0.1, 0.15) is 26.5 Å². The van der Waals surface area contributed by atoms with Gasteiger partial charge in [0.2, 0.25) is 11.4 Å². The van der Waals surface area contributed by atoms with Crippen molar-refractivity contribution in [2.75, 3.05) is 7.11 Å². The minimum atomic E-state index is -1.18. The van der Waals surface area contributed by atoms with Crippen LogP contribution < -0.4 is 0 Å². The van der Waals surface area contributed by atoms with Gasteiger partial charge < -0.3 is 13.9 Å². The standard InChI is InChI=1S/C13H16O4/c1-8(2)17-12-9(3)11(14)13(12,15-4)10-6-5-7-16-10/h5-8H,1-4H3. The van der Waals surface area contributed by atoms with E-state index in [2.05, 4.69) is 0 Å². The van der Waals surface area contributed by atoms with E-state index in [0.29, 0.717) is 17.1 Å². The molecule has 1 aliphatic rings. The van der Waals surface area contributed by atoms with Gasteiger partial charge in [-0.25, -0.2) is 0 Å². The van der Waals surface area contributed by atoms with Gasteiger partial charge in [0.05, 0.1) is 12.4 Å². The Bertz CT molecular complexity index is 456.